The molecule has 1 rings (SSSR count). The van der Waals surface area contributed by atoms with E-state index in [1.807, 2.05) is 31.2 Å². The Morgan fingerprint density at radius 2 is 2.10 bits per heavy atom. The summed E-state index contributed by atoms with van der Waals surface area (Å²) in [6, 6.07) is 8.00. The number of likely N-dealkylation sites (N-methyl/N-ethyl adjacent to an activating group) is 2. The molecule has 0 unspecified atom stereocenters. The first-order chi connectivity index (χ1) is 10.1. The first-order valence-corrected chi connectivity index (χ1v) is 7.18. The summed E-state index contributed by atoms with van der Waals surface area (Å²) in [5, 5.41) is 8.73. The summed E-state index contributed by atoms with van der Waals surface area (Å²) in [6.45, 7) is 4.10. The first kappa shape index (κ1) is 17.2. The molecule has 0 aromatic heterocycles. The predicted molar refractivity (Wildman–Crippen MR) is 84.7 cm³/mol. The molecule has 0 aliphatic heterocycles. The molecule has 4 heteroatoms. The van der Waals surface area contributed by atoms with Gasteiger partial charge in [0.15, 0.2) is 0 Å². The average molecular weight is 288 g/mol. The molecule has 0 aliphatic carbocycles. The molecule has 1 amide bonds. The molecule has 0 aliphatic rings. The van der Waals surface area contributed by atoms with Crippen LogP contribution in [0, 0.1) is 11.8 Å². The number of benzene rings is 1. The fraction of sp³-hybridized carbons (Fsp3) is 0.471. The molecule has 0 saturated carbocycles. The van der Waals surface area contributed by atoms with Gasteiger partial charge in [0, 0.05) is 32.6 Å². The van der Waals surface area contributed by atoms with E-state index >= 15 is 0 Å². The number of amides is 1. The Hall–Kier alpha value is -1.83. The lowest BCUT2D eigenvalue weighted by atomic mass is 10.1. The molecule has 0 radical (unpaired) electrons. The molecule has 21 heavy (non-hydrogen) atoms. The summed E-state index contributed by atoms with van der Waals surface area (Å²) in [6.07, 6.45) is 0.489. The van der Waals surface area contributed by atoms with E-state index in [1.165, 1.54) is 0 Å². The van der Waals surface area contributed by atoms with Crippen molar-refractivity contribution < 1.29 is 9.90 Å². The molecule has 0 heterocycles. The van der Waals surface area contributed by atoms with Crippen LogP contribution in [-0.2, 0) is 11.3 Å². The van der Waals surface area contributed by atoms with Crippen LogP contribution in [0.4, 0.5) is 0 Å². The van der Waals surface area contributed by atoms with Crippen LogP contribution in [0.25, 0.3) is 0 Å². The molecular formula is C17H24N2O2. The van der Waals surface area contributed by atoms with E-state index in [0.717, 1.165) is 24.2 Å². The third-order valence-corrected chi connectivity index (χ3v) is 3.11. The zero-order chi connectivity index (χ0) is 15.7. The van der Waals surface area contributed by atoms with E-state index in [2.05, 4.69) is 16.7 Å². The van der Waals surface area contributed by atoms with Gasteiger partial charge in [-0.3, -0.25) is 9.69 Å². The SMILES string of the molecule is CCN(CC(=O)N(C)C)Cc1cccc(C#CCCO)c1. The topological polar surface area (TPSA) is 43.8 Å². The molecular weight excluding hydrogens is 264 g/mol. The Labute approximate surface area is 127 Å². The Balaban J connectivity index is 2.70. The Morgan fingerprint density at radius 1 is 1.33 bits per heavy atom. The van der Waals surface area contributed by atoms with Crippen LogP contribution in [-0.4, -0.2) is 54.6 Å². The van der Waals surface area contributed by atoms with Crippen molar-refractivity contribution in [1.82, 2.24) is 9.80 Å². The predicted octanol–water partition coefficient (Wildman–Crippen LogP) is 1.33. The van der Waals surface area contributed by atoms with Crippen LogP contribution in [0.15, 0.2) is 24.3 Å². The summed E-state index contributed by atoms with van der Waals surface area (Å²) < 4.78 is 0. The second kappa shape index (κ2) is 9.17. The summed E-state index contributed by atoms with van der Waals surface area (Å²) in [7, 11) is 3.54. The molecule has 114 valence electrons. The van der Waals surface area contributed by atoms with Gasteiger partial charge in [-0.25, -0.2) is 0 Å². The van der Waals surface area contributed by atoms with Crippen LogP contribution in [0.2, 0.25) is 0 Å². The minimum Gasteiger partial charge on any atom is -0.395 e. The second-order valence-electron chi connectivity index (χ2n) is 5.07. The fourth-order valence-electron chi connectivity index (χ4n) is 1.84. The van der Waals surface area contributed by atoms with Crippen molar-refractivity contribution in [3.8, 4) is 11.8 Å². The smallest absolute Gasteiger partial charge is 0.236 e. The maximum atomic E-state index is 11.8. The number of rotatable bonds is 6. The molecule has 4 nitrogen and oxygen atoms in total. The van der Waals surface area contributed by atoms with Crippen molar-refractivity contribution in [1.29, 1.82) is 0 Å². The zero-order valence-electron chi connectivity index (χ0n) is 13.1. The number of nitrogens with zero attached hydrogens (tertiary/aromatic N) is 2. The van der Waals surface area contributed by atoms with Crippen LogP contribution >= 0.6 is 0 Å². The van der Waals surface area contributed by atoms with Crippen LogP contribution in [0.5, 0.6) is 0 Å². The minimum absolute atomic E-state index is 0.0863. The third kappa shape index (κ3) is 6.44. The molecule has 0 bridgehead atoms. The number of hydrogen-bond donors (Lipinski definition) is 1. The number of carbonyl (C=O) groups is 1. The maximum absolute atomic E-state index is 11.8. The first-order valence-electron chi connectivity index (χ1n) is 7.18. The van der Waals surface area contributed by atoms with Gasteiger partial charge < -0.3 is 10.0 Å². The highest BCUT2D eigenvalue weighted by Crippen LogP contribution is 2.08. The standard InChI is InChI=1S/C17H24N2O2/c1-4-19(14-17(21)18(2)3)13-16-10-7-9-15(12-16)8-5-6-11-20/h7,9-10,12,20H,4,6,11,13-14H2,1-3H3. The monoisotopic (exact) mass is 288 g/mol. The Morgan fingerprint density at radius 3 is 2.71 bits per heavy atom. The molecule has 0 spiro atoms. The highest BCUT2D eigenvalue weighted by Gasteiger charge is 2.11. The molecule has 1 aromatic rings. The summed E-state index contributed by atoms with van der Waals surface area (Å²) in [4.78, 5) is 15.5. The molecule has 0 saturated heterocycles. The van der Waals surface area contributed by atoms with Crippen molar-refractivity contribution >= 4 is 5.91 Å². The summed E-state index contributed by atoms with van der Waals surface area (Å²) >= 11 is 0. The van der Waals surface area contributed by atoms with Crippen molar-refractivity contribution in [2.75, 3.05) is 33.8 Å². The lowest BCUT2D eigenvalue weighted by Gasteiger charge is -2.22. The van der Waals surface area contributed by atoms with Gasteiger partial charge in [0.25, 0.3) is 0 Å². The van der Waals surface area contributed by atoms with Crippen LogP contribution in [0.1, 0.15) is 24.5 Å². The van der Waals surface area contributed by atoms with E-state index in [0.29, 0.717) is 13.0 Å². The molecule has 0 fully saturated rings. The van der Waals surface area contributed by atoms with Gasteiger partial charge in [0.2, 0.25) is 5.91 Å². The van der Waals surface area contributed by atoms with E-state index in [9.17, 15) is 4.79 Å². The highest BCUT2D eigenvalue weighted by atomic mass is 16.2. The largest absolute Gasteiger partial charge is 0.395 e. The van der Waals surface area contributed by atoms with Gasteiger partial charge >= 0.3 is 0 Å². The van der Waals surface area contributed by atoms with E-state index in [1.54, 1.807) is 19.0 Å². The van der Waals surface area contributed by atoms with Gasteiger partial charge in [-0.05, 0) is 24.2 Å². The van der Waals surface area contributed by atoms with Gasteiger partial charge in [0.05, 0.1) is 13.2 Å². The zero-order valence-corrected chi connectivity index (χ0v) is 13.1. The normalized spacial score (nSPS) is 10.1. The van der Waals surface area contributed by atoms with Crippen molar-refractivity contribution in [3.05, 3.63) is 35.4 Å². The number of aliphatic hydroxyl groups is 1. The van der Waals surface area contributed by atoms with Crippen LogP contribution in [0.3, 0.4) is 0 Å². The van der Waals surface area contributed by atoms with Crippen molar-refractivity contribution in [2.45, 2.75) is 19.9 Å². The second-order valence-corrected chi connectivity index (χ2v) is 5.07. The van der Waals surface area contributed by atoms with E-state index < -0.39 is 0 Å². The van der Waals surface area contributed by atoms with Crippen molar-refractivity contribution in [3.63, 3.8) is 0 Å². The number of aliphatic hydroxyl groups excluding tert-OH is 1. The van der Waals surface area contributed by atoms with E-state index in [4.69, 9.17) is 5.11 Å². The Kier molecular flexibility index (Phi) is 7.52. The fourth-order valence-corrected chi connectivity index (χ4v) is 1.84. The average Bonchev–Trinajstić information content (AvgIpc) is 2.47. The minimum atomic E-state index is 0.0863. The third-order valence-electron chi connectivity index (χ3n) is 3.11. The van der Waals surface area contributed by atoms with Gasteiger partial charge in [0.1, 0.15) is 0 Å². The summed E-state index contributed by atoms with van der Waals surface area (Å²) in [5.74, 6) is 6.06. The van der Waals surface area contributed by atoms with E-state index in [-0.39, 0.29) is 12.5 Å². The van der Waals surface area contributed by atoms with Crippen LogP contribution < -0.4 is 0 Å². The lowest BCUT2D eigenvalue weighted by Crippen LogP contribution is -2.36. The van der Waals surface area contributed by atoms with Crippen molar-refractivity contribution in [2.24, 2.45) is 0 Å². The van der Waals surface area contributed by atoms with Gasteiger partial charge in [-0.2, -0.15) is 0 Å². The van der Waals surface area contributed by atoms with Gasteiger partial charge in [-0.15, -0.1) is 0 Å². The quantitative estimate of drug-likeness (QED) is 0.803. The number of hydrogen-bond acceptors (Lipinski definition) is 3. The molecule has 1 aromatic carbocycles. The van der Waals surface area contributed by atoms with Gasteiger partial charge in [-0.1, -0.05) is 30.9 Å². The molecule has 0 atom stereocenters. The number of carbonyl (C=O) groups excluding carboxylic acids is 1. The lowest BCUT2D eigenvalue weighted by molar-refractivity contribution is -0.130. The summed E-state index contributed by atoms with van der Waals surface area (Å²) in [5.41, 5.74) is 2.08. The maximum Gasteiger partial charge on any atom is 0.236 e. The Bertz CT molecular complexity index is 515. The highest BCUT2D eigenvalue weighted by molar-refractivity contribution is 5.77. The molecule has 1 N–H and O–H groups in total.